The minimum absolute atomic E-state index is 0.0184. The number of hydrogen-bond acceptors (Lipinski definition) is 7. The van der Waals surface area contributed by atoms with Crippen LogP contribution in [-0.2, 0) is 0 Å². The summed E-state index contributed by atoms with van der Waals surface area (Å²) >= 11 is 1.20. The summed E-state index contributed by atoms with van der Waals surface area (Å²) in [6, 6.07) is 14.5. The van der Waals surface area contributed by atoms with Gasteiger partial charge in [-0.15, -0.1) is 10.2 Å². The number of aromatic nitrogens is 2. The molecule has 0 saturated heterocycles. The molecule has 1 aromatic heterocycles. The Morgan fingerprint density at radius 3 is 2.62 bits per heavy atom. The van der Waals surface area contributed by atoms with Gasteiger partial charge in [0.05, 0.1) is 25.0 Å². The highest BCUT2D eigenvalue weighted by atomic mass is 32.2. The number of methoxy groups -OCH3 is 1. The molecule has 0 fully saturated rings. The molecule has 6 nitrogen and oxygen atoms in total. The van der Waals surface area contributed by atoms with Gasteiger partial charge in [0.2, 0.25) is 0 Å². The summed E-state index contributed by atoms with van der Waals surface area (Å²) in [6.45, 7) is 2.51. The summed E-state index contributed by atoms with van der Waals surface area (Å²) in [5.74, 6) is 1.95. The minimum Gasteiger partial charge on any atom is -0.496 e. The number of hydrogen-bond donors (Lipinski definition) is 0. The fourth-order valence-electron chi connectivity index (χ4n) is 2.31. The van der Waals surface area contributed by atoms with Crippen LogP contribution < -0.4 is 9.47 Å². The molecule has 0 saturated carbocycles. The highest BCUT2D eigenvalue weighted by Crippen LogP contribution is 2.30. The summed E-state index contributed by atoms with van der Waals surface area (Å²) in [5, 5.41) is 8.36. The number of ether oxygens (including phenoxy) is 2. The first-order valence-corrected chi connectivity index (χ1v) is 9.05. The van der Waals surface area contributed by atoms with Crippen molar-refractivity contribution in [3.63, 3.8) is 0 Å². The van der Waals surface area contributed by atoms with Gasteiger partial charge in [-0.3, -0.25) is 4.79 Å². The number of carbonyl (C=O) groups excluding carboxylic acids is 1. The van der Waals surface area contributed by atoms with Crippen LogP contribution in [0.5, 0.6) is 11.5 Å². The van der Waals surface area contributed by atoms with Crippen molar-refractivity contribution in [2.45, 2.75) is 12.1 Å². The topological polar surface area (TPSA) is 74.5 Å². The molecule has 26 heavy (non-hydrogen) atoms. The first kappa shape index (κ1) is 18.0. The number of ketones is 1. The first-order valence-electron chi connectivity index (χ1n) is 8.07. The van der Waals surface area contributed by atoms with Crippen molar-refractivity contribution in [2.24, 2.45) is 0 Å². The van der Waals surface area contributed by atoms with E-state index in [4.69, 9.17) is 13.9 Å². The second-order valence-corrected chi connectivity index (χ2v) is 6.17. The third-order valence-electron chi connectivity index (χ3n) is 3.56. The normalized spacial score (nSPS) is 10.5. The number of Topliss-reactive ketones (excluding diaryl/α,β-unsaturated/α-hetero) is 1. The molecule has 0 aliphatic rings. The van der Waals surface area contributed by atoms with Crippen LogP contribution in [0, 0.1) is 0 Å². The molecule has 0 aliphatic heterocycles. The Morgan fingerprint density at radius 2 is 1.88 bits per heavy atom. The lowest BCUT2D eigenvalue weighted by Gasteiger charge is -2.04. The van der Waals surface area contributed by atoms with Crippen LogP contribution in [0.25, 0.3) is 11.5 Å². The molecule has 2 aromatic carbocycles. The SMILES string of the molecule is CCOc1ccc(C(=O)CSc2nnc(-c3ccccc3OC)o2)cc1. The Morgan fingerprint density at radius 1 is 1.12 bits per heavy atom. The summed E-state index contributed by atoms with van der Waals surface area (Å²) in [7, 11) is 1.58. The molecule has 0 radical (unpaired) electrons. The van der Waals surface area contributed by atoms with Crippen molar-refractivity contribution < 1.29 is 18.7 Å². The highest BCUT2D eigenvalue weighted by molar-refractivity contribution is 7.99. The Balaban J connectivity index is 1.63. The fourth-order valence-corrected chi connectivity index (χ4v) is 2.97. The van der Waals surface area contributed by atoms with Crippen LogP contribution in [0.4, 0.5) is 0 Å². The smallest absolute Gasteiger partial charge is 0.277 e. The third-order valence-corrected chi connectivity index (χ3v) is 4.38. The van der Waals surface area contributed by atoms with Crippen LogP contribution >= 0.6 is 11.8 Å². The molecular weight excluding hydrogens is 352 g/mol. The van der Waals surface area contributed by atoms with Gasteiger partial charge in [0.15, 0.2) is 5.78 Å². The Hall–Kier alpha value is -2.80. The van der Waals surface area contributed by atoms with Gasteiger partial charge in [0.25, 0.3) is 11.1 Å². The van der Waals surface area contributed by atoms with Crippen molar-refractivity contribution in [1.82, 2.24) is 10.2 Å². The van der Waals surface area contributed by atoms with Gasteiger partial charge in [-0.1, -0.05) is 23.9 Å². The lowest BCUT2D eigenvalue weighted by Crippen LogP contribution is -2.02. The monoisotopic (exact) mass is 370 g/mol. The summed E-state index contributed by atoms with van der Waals surface area (Å²) < 4.78 is 16.3. The Bertz CT molecular complexity index is 877. The molecular formula is C19H18N2O4S. The lowest BCUT2D eigenvalue weighted by atomic mass is 10.1. The first-order chi connectivity index (χ1) is 12.7. The zero-order valence-corrected chi connectivity index (χ0v) is 15.3. The standard InChI is InChI=1S/C19H18N2O4S/c1-3-24-14-10-8-13(9-11-14)16(22)12-26-19-21-20-18(25-19)15-6-4-5-7-17(15)23-2/h4-11H,3,12H2,1-2H3. The van der Waals surface area contributed by atoms with E-state index in [9.17, 15) is 4.79 Å². The van der Waals surface area contributed by atoms with E-state index in [-0.39, 0.29) is 11.5 Å². The van der Waals surface area contributed by atoms with Gasteiger partial charge in [0, 0.05) is 5.56 Å². The van der Waals surface area contributed by atoms with Crippen LogP contribution in [0.1, 0.15) is 17.3 Å². The van der Waals surface area contributed by atoms with Gasteiger partial charge in [0.1, 0.15) is 11.5 Å². The zero-order valence-electron chi connectivity index (χ0n) is 14.5. The molecule has 0 N–H and O–H groups in total. The number of thioether (sulfide) groups is 1. The third kappa shape index (κ3) is 4.23. The predicted molar refractivity (Wildman–Crippen MR) is 99.0 cm³/mol. The number of carbonyl (C=O) groups is 1. The molecule has 134 valence electrons. The molecule has 7 heteroatoms. The van der Waals surface area contributed by atoms with E-state index in [1.165, 1.54) is 11.8 Å². The van der Waals surface area contributed by atoms with E-state index >= 15 is 0 Å². The average molecular weight is 370 g/mol. The van der Waals surface area contributed by atoms with Crippen LogP contribution in [-0.4, -0.2) is 35.5 Å². The molecule has 0 unspecified atom stereocenters. The quantitative estimate of drug-likeness (QED) is 0.436. The van der Waals surface area contributed by atoms with E-state index in [1.807, 2.05) is 31.2 Å². The Labute approximate surface area is 155 Å². The number of nitrogens with zero attached hydrogens (tertiary/aromatic N) is 2. The largest absolute Gasteiger partial charge is 0.496 e. The maximum atomic E-state index is 12.3. The summed E-state index contributed by atoms with van der Waals surface area (Å²) in [6.07, 6.45) is 0. The number of benzene rings is 2. The number of para-hydroxylation sites is 1. The van der Waals surface area contributed by atoms with E-state index in [0.717, 1.165) is 5.75 Å². The van der Waals surface area contributed by atoms with Crippen molar-refractivity contribution in [2.75, 3.05) is 19.5 Å². The molecule has 0 atom stereocenters. The second-order valence-electron chi connectivity index (χ2n) is 5.24. The molecule has 0 spiro atoms. The van der Waals surface area contributed by atoms with E-state index < -0.39 is 0 Å². The van der Waals surface area contributed by atoms with Crippen molar-refractivity contribution in [1.29, 1.82) is 0 Å². The van der Waals surface area contributed by atoms with Crippen molar-refractivity contribution in [3.8, 4) is 23.0 Å². The van der Waals surface area contributed by atoms with Crippen LogP contribution in [0.3, 0.4) is 0 Å². The molecule has 0 amide bonds. The van der Waals surface area contributed by atoms with Gasteiger partial charge >= 0.3 is 0 Å². The minimum atomic E-state index is -0.0184. The van der Waals surface area contributed by atoms with Gasteiger partial charge in [-0.2, -0.15) is 0 Å². The van der Waals surface area contributed by atoms with Gasteiger partial charge in [-0.05, 0) is 43.3 Å². The molecule has 3 aromatic rings. The molecule has 0 bridgehead atoms. The van der Waals surface area contributed by atoms with E-state index in [2.05, 4.69) is 10.2 Å². The molecule has 1 heterocycles. The molecule has 0 aliphatic carbocycles. The van der Waals surface area contributed by atoms with Gasteiger partial charge < -0.3 is 13.9 Å². The highest BCUT2D eigenvalue weighted by Gasteiger charge is 2.15. The average Bonchev–Trinajstić information content (AvgIpc) is 3.16. The maximum absolute atomic E-state index is 12.3. The zero-order chi connectivity index (χ0) is 18.4. The van der Waals surface area contributed by atoms with Crippen molar-refractivity contribution >= 4 is 17.5 Å². The summed E-state index contributed by atoms with van der Waals surface area (Å²) in [4.78, 5) is 12.3. The van der Waals surface area contributed by atoms with E-state index in [1.54, 1.807) is 31.4 Å². The second kappa shape index (κ2) is 8.53. The van der Waals surface area contributed by atoms with Crippen LogP contribution in [0.15, 0.2) is 58.2 Å². The maximum Gasteiger partial charge on any atom is 0.277 e. The predicted octanol–water partition coefficient (Wildman–Crippen LogP) is 4.12. The lowest BCUT2D eigenvalue weighted by molar-refractivity contribution is 0.102. The number of rotatable bonds is 8. The fraction of sp³-hybridized carbons (Fsp3) is 0.211. The van der Waals surface area contributed by atoms with Gasteiger partial charge in [-0.25, -0.2) is 0 Å². The Kier molecular flexibility index (Phi) is 5.91. The van der Waals surface area contributed by atoms with Crippen LogP contribution in [0.2, 0.25) is 0 Å². The molecule has 3 rings (SSSR count). The summed E-state index contributed by atoms with van der Waals surface area (Å²) in [5.41, 5.74) is 1.33. The van der Waals surface area contributed by atoms with Crippen molar-refractivity contribution in [3.05, 3.63) is 54.1 Å². The van der Waals surface area contributed by atoms with E-state index in [0.29, 0.717) is 34.6 Å².